The number of anilines is 1. The minimum absolute atomic E-state index is 0.268. The monoisotopic (exact) mass is 633 g/mol. The Morgan fingerprint density at radius 3 is 2.58 bits per heavy atom. The van der Waals surface area contributed by atoms with Crippen molar-refractivity contribution in [3.63, 3.8) is 0 Å². The van der Waals surface area contributed by atoms with Gasteiger partial charge in [-0.25, -0.2) is 4.99 Å². The average molecular weight is 634 g/mol. The zero-order chi connectivity index (χ0) is 32.1. The highest BCUT2D eigenvalue weighted by Crippen LogP contribution is 2.36. The molecule has 1 saturated heterocycles. The van der Waals surface area contributed by atoms with Gasteiger partial charge in [0.15, 0.2) is 0 Å². The summed E-state index contributed by atoms with van der Waals surface area (Å²) in [4.78, 5) is 9.01. The maximum atomic E-state index is 14.1. The van der Waals surface area contributed by atoms with Gasteiger partial charge >= 0.3 is 6.18 Å². The first-order chi connectivity index (χ1) is 21.5. The molecule has 0 atom stereocenters. The van der Waals surface area contributed by atoms with Gasteiger partial charge in [-0.1, -0.05) is 60.7 Å². The number of hydrogen-bond acceptors (Lipinski definition) is 5. The van der Waals surface area contributed by atoms with E-state index in [0.29, 0.717) is 22.6 Å². The molecule has 2 aromatic carbocycles. The van der Waals surface area contributed by atoms with Gasteiger partial charge < -0.3 is 15.5 Å². The van der Waals surface area contributed by atoms with Crippen LogP contribution in [0.1, 0.15) is 41.2 Å². The summed E-state index contributed by atoms with van der Waals surface area (Å²) in [6.45, 7) is 9.64. The van der Waals surface area contributed by atoms with Gasteiger partial charge in [-0.05, 0) is 78.9 Å². The normalized spacial score (nSPS) is 19.7. The van der Waals surface area contributed by atoms with Gasteiger partial charge in [-0.3, -0.25) is 4.90 Å². The summed E-state index contributed by atoms with van der Waals surface area (Å²) in [5, 5.41) is 6.86. The zero-order valence-electron chi connectivity index (χ0n) is 25.9. The molecule has 0 amide bonds. The van der Waals surface area contributed by atoms with E-state index in [-0.39, 0.29) is 12.1 Å². The lowest BCUT2D eigenvalue weighted by Gasteiger charge is -2.33. The molecule has 1 aliphatic carbocycles. The fourth-order valence-corrected chi connectivity index (χ4v) is 6.04. The van der Waals surface area contributed by atoms with Crippen molar-refractivity contribution in [3.8, 4) is 0 Å². The molecule has 0 aromatic heterocycles. The second-order valence-corrected chi connectivity index (χ2v) is 12.1. The van der Waals surface area contributed by atoms with Crippen molar-refractivity contribution < 1.29 is 13.2 Å². The van der Waals surface area contributed by atoms with E-state index in [0.717, 1.165) is 72.1 Å². The number of likely N-dealkylation sites (N-methyl/N-ethyl adjacent to an activating group) is 1. The Bertz CT molecular complexity index is 1640. The molecular weight excluding hydrogens is 595 g/mol. The molecule has 0 spiro atoms. The quantitative estimate of drug-likeness (QED) is 0.275. The van der Waals surface area contributed by atoms with Crippen LogP contribution in [0.15, 0.2) is 101 Å². The molecule has 0 bridgehead atoms. The Balaban J connectivity index is 1.35. The van der Waals surface area contributed by atoms with Crippen LogP contribution in [0, 0.1) is 0 Å². The molecule has 2 heterocycles. The number of nitrogens with zero attached hydrogens (tertiary/aromatic N) is 3. The van der Waals surface area contributed by atoms with Crippen molar-refractivity contribution in [2.75, 3.05) is 45.6 Å². The van der Waals surface area contributed by atoms with Gasteiger partial charge in [-0.15, -0.1) is 0 Å². The number of rotatable bonds is 9. The third kappa shape index (κ3) is 8.06. The predicted molar refractivity (Wildman–Crippen MR) is 181 cm³/mol. The lowest BCUT2D eigenvalue weighted by atomic mass is 9.99. The molecule has 2 N–H and O–H groups in total. The van der Waals surface area contributed by atoms with Crippen molar-refractivity contribution in [3.05, 3.63) is 124 Å². The van der Waals surface area contributed by atoms with E-state index in [1.165, 1.54) is 6.07 Å². The van der Waals surface area contributed by atoms with Crippen LogP contribution >= 0.6 is 11.6 Å². The van der Waals surface area contributed by atoms with Crippen LogP contribution in [0.4, 0.5) is 18.9 Å². The molecule has 0 radical (unpaired) electrons. The minimum atomic E-state index is -4.46. The smallest absolute Gasteiger partial charge is 0.388 e. The fraction of sp³-hybridized carbons (Fsp3) is 0.306. The Hall–Kier alpha value is -3.85. The van der Waals surface area contributed by atoms with Crippen LogP contribution in [0.5, 0.6) is 0 Å². The fourth-order valence-electron chi connectivity index (χ4n) is 5.75. The highest BCUT2D eigenvalue weighted by molar-refractivity contribution is 6.51. The second-order valence-electron chi connectivity index (χ2n) is 11.7. The molecule has 9 heteroatoms. The summed E-state index contributed by atoms with van der Waals surface area (Å²) in [6.07, 6.45) is 8.74. The Labute approximate surface area is 268 Å². The third-order valence-electron chi connectivity index (χ3n) is 8.31. The second kappa shape index (κ2) is 14.1. The molecular formula is C36H39ClF3N5. The zero-order valence-corrected chi connectivity index (χ0v) is 26.7. The largest absolute Gasteiger partial charge is 0.416 e. The number of halogens is 4. The maximum absolute atomic E-state index is 14.1. The van der Waals surface area contributed by atoms with Crippen LogP contribution in [0.3, 0.4) is 0 Å². The van der Waals surface area contributed by atoms with Crippen LogP contribution in [-0.4, -0.2) is 55.8 Å². The summed E-state index contributed by atoms with van der Waals surface area (Å²) in [5.41, 5.74) is 7.27. The summed E-state index contributed by atoms with van der Waals surface area (Å²) in [6, 6.07) is 10.4. The number of benzene rings is 2. The van der Waals surface area contributed by atoms with Crippen LogP contribution in [0.2, 0.25) is 0 Å². The lowest BCUT2D eigenvalue weighted by Crippen LogP contribution is -2.44. The molecule has 0 saturated carbocycles. The van der Waals surface area contributed by atoms with Crippen LogP contribution in [-0.2, 0) is 19.1 Å². The average Bonchev–Trinajstić information content (AvgIpc) is 3.71. The number of piperazine rings is 1. The summed E-state index contributed by atoms with van der Waals surface area (Å²) < 4.78 is 42.4. The van der Waals surface area contributed by atoms with E-state index in [4.69, 9.17) is 16.6 Å². The molecule has 1 fully saturated rings. The molecule has 0 unspecified atom stereocenters. The van der Waals surface area contributed by atoms with Crippen molar-refractivity contribution in [1.82, 2.24) is 15.1 Å². The highest BCUT2D eigenvalue weighted by Gasteiger charge is 2.34. The molecule has 5 nitrogen and oxygen atoms in total. The Kier molecular flexibility index (Phi) is 10.2. The number of aliphatic imine (C=N–C) groups is 1. The molecule has 236 valence electrons. The first-order valence-electron chi connectivity index (χ1n) is 15.1. The van der Waals surface area contributed by atoms with Crippen molar-refractivity contribution in [2.24, 2.45) is 4.99 Å². The summed E-state index contributed by atoms with van der Waals surface area (Å²) in [7, 11) is 3.83. The van der Waals surface area contributed by atoms with E-state index in [9.17, 15) is 13.2 Å². The third-order valence-corrected chi connectivity index (χ3v) is 8.63. The Morgan fingerprint density at radius 2 is 1.89 bits per heavy atom. The van der Waals surface area contributed by atoms with Crippen LogP contribution < -0.4 is 10.6 Å². The van der Waals surface area contributed by atoms with Crippen molar-refractivity contribution >= 4 is 34.1 Å². The minimum Gasteiger partial charge on any atom is -0.388 e. The topological polar surface area (TPSA) is 42.9 Å². The maximum Gasteiger partial charge on any atom is 0.416 e. The van der Waals surface area contributed by atoms with Crippen molar-refractivity contribution in [2.45, 2.75) is 32.5 Å². The van der Waals surface area contributed by atoms with E-state index < -0.39 is 11.7 Å². The van der Waals surface area contributed by atoms with Crippen LogP contribution in [0.25, 0.3) is 11.1 Å². The van der Waals surface area contributed by atoms with Crippen molar-refractivity contribution in [1.29, 1.82) is 0 Å². The molecule has 3 aliphatic rings. The van der Waals surface area contributed by atoms with E-state index in [1.54, 1.807) is 25.3 Å². The predicted octanol–water partition coefficient (Wildman–Crippen LogP) is 8.01. The molecule has 5 rings (SSSR count). The number of alkyl halides is 3. The number of allylic oxidation sites excluding steroid dienone is 5. The summed E-state index contributed by atoms with van der Waals surface area (Å²) in [5.74, 6) is 0. The summed E-state index contributed by atoms with van der Waals surface area (Å²) >= 11 is 6.75. The molecule has 45 heavy (non-hydrogen) atoms. The van der Waals surface area contributed by atoms with Gasteiger partial charge in [0.1, 0.15) is 0 Å². The SMILES string of the molecule is C=C(/N=C1/C=CN/C1=C(/C)Cc1ccc(/C(Cl)=C/c2ccc(CN3CCN(C)CC3)c(C(F)(F)F)c2)c(NC)c1)C1=CCC=C1. The molecule has 2 aliphatic heterocycles. The number of hydrogen-bond donors (Lipinski definition) is 2. The van der Waals surface area contributed by atoms with Gasteiger partial charge in [0.25, 0.3) is 0 Å². The Morgan fingerprint density at radius 1 is 1.11 bits per heavy atom. The van der Waals surface area contributed by atoms with Gasteiger partial charge in [-0.2, -0.15) is 13.2 Å². The van der Waals surface area contributed by atoms with Gasteiger partial charge in [0.05, 0.1) is 27.7 Å². The van der Waals surface area contributed by atoms with E-state index >= 15 is 0 Å². The standard InChI is InChI=1S/C36H39ClF3N5/c1-24(35-33(13-14-42-35)43-25(2)28-7-5-6-8-28)19-26-10-12-30(34(22-26)41-3)32(37)21-27-9-11-29(31(20-27)36(38,39)40)23-45-17-15-44(4)16-18-45/h5,7-14,20-22,41-42H,2,6,15-19,23H2,1,3-4H3/b32-21-,35-24-,43-33-. The van der Waals surface area contributed by atoms with Gasteiger partial charge in [0, 0.05) is 57.2 Å². The lowest BCUT2D eigenvalue weighted by molar-refractivity contribution is -0.138. The van der Waals surface area contributed by atoms with E-state index in [1.807, 2.05) is 43.6 Å². The molecule has 2 aromatic rings. The van der Waals surface area contributed by atoms with Gasteiger partial charge in [0.2, 0.25) is 0 Å². The number of nitrogens with one attached hydrogen (secondary N) is 2. The van der Waals surface area contributed by atoms with E-state index in [2.05, 4.69) is 46.1 Å². The first-order valence-corrected chi connectivity index (χ1v) is 15.5. The first kappa shape index (κ1) is 32.5. The highest BCUT2D eigenvalue weighted by atomic mass is 35.5.